The van der Waals surface area contributed by atoms with Crippen molar-refractivity contribution in [2.45, 2.75) is 63.1 Å². The molecule has 0 saturated heterocycles. The van der Waals surface area contributed by atoms with Gasteiger partial charge >= 0.3 is 0 Å². The highest BCUT2D eigenvalue weighted by Gasteiger charge is 2.25. The number of hydrogen-bond donors (Lipinski definition) is 1. The topological polar surface area (TPSA) is 38.7 Å². The molecular formula is C17H24O3. The first-order valence-electron chi connectivity index (χ1n) is 7.79. The molecule has 0 amide bonds. The van der Waals surface area contributed by atoms with E-state index in [2.05, 4.69) is 12.1 Å². The molecule has 0 aromatic heterocycles. The molecule has 2 aliphatic carbocycles. The van der Waals surface area contributed by atoms with Gasteiger partial charge < -0.3 is 14.6 Å². The number of aliphatic hydroxyl groups is 1. The van der Waals surface area contributed by atoms with Crippen LogP contribution < -0.4 is 9.47 Å². The lowest BCUT2D eigenvalue weighted by molar-refractivity contribution is 0.181. The predicted octanol–water partition coefficient (Wildman–Crippen LogP) is 3.65. The predicted molar refractivity (Wildman–Crippen MR) is 78.5 cm³/mol. The van der Waals surface area contributed by atoms with Crippen LogP contribution in [-0.4, -0.2) is 24.4 Å². The van der Waals surface area contributed by atoms with E-state index in [1.54, 1.807) is 7.11 Å². The normalized spacial score (nSPS) is 26.9. The number of ether oxygens (including phenoxy) is 2. The minimum atomic E-state index is -0.138. The molecule has 2 saturated carbocycles. The van der Waals surface area contributed by atoms with Crippen LogP contribution in [-0.2, 0) is 0 Å². The maximum atomic E-state index is 9.70. The van der Waals surface area contributed by atoms with Gasteiger partial charge in [0.15, 0.2) is 11.5 Å². The third-order valence-electron chi connectivity index (χ3n) is 4.66. The minimum Gasteiger partial charge on any atom is -0.493 e. The van der Waals surface area contributed by atoms with E-state index >= 15 is 0 Å². The standard InChI is InChI=1S/C17H24O3/c1-19-16-9-7-13(12-6-8-14(18)10-12)11-17(16)20-15-4-2-3-5-15/h7,9,11-12,14-15,18H,2-6,8,10H2,1H3/t12-,14+/m0/s1. The molecule has 110 valence electrons. The maximum Gasteiger partial charge on any atom is 0.161 e. The first-order chi connectivity index (χ1) is 9.76. The van der Waals surface area contributed by atoms with E-state index in [0.29, 0.717) is 12.0 Å². The van der Waals surface area contributed by atoms with E-state index in [4.69, 9.17) is 9.47 Å². The SMILES string of the molecule is COc1ccc([C@H]2CC[C@@H](O)C2)cc1OC1CCCC1. The lowest BCUT2D eigenvalue weighted by Gasteiger charge is -2.18. The Hall–Kier alpha value is -1.22. The molecule has 1 N–H and O–H groups in total. The Morgan fingerprint density at radius 2 is 1.85 bits per heavy atom. The smallest absolute Gasteiger partial charge is 0.161 e. The van der Waals surface area contributed by atoms with Gasteiger partial charge in [0.1, 0.15) is 0 Å². The number of rotatable bonds is 4. The lowest BCUT2D eigenvalue weighted by Crippen LogP contribution is -2.12. The maximum absolute atomic E-state index is 9.70. The van der Waals surface area contributed by atoms with Crippen LogP contribution >= 0.6 is 0 Å². The monoisotopic (exact) mass is 276 g/mol. The van der Waals surface area contributed by atoms with Crippen LogP contribution in [0.3, 0.4) is 0 Å². The van der Waals surface area contributed by atoms with Crippen molar-refractivity contribution in [2.24, 2.45) is 0 Å². The van der Waals surface area contributed by atoms with Gasteiger partial charge in [0.25, 0.3) is 0 Å². The van der Waals surface area contributed by atoms with E-state index in [-0.39, 0.29) is 6.10 Å². The summed E-state index contributed by atoms with van der Waals surface area (Å²) in [6.45, 7) is 0. The van der Waals surface area contributed by atoms with Crippen molar-refractivity contribution in [2.75, 3.05) is 7.11 Å². The quantitative estimate of drug-likeness (QED) is 0.912. The summed E-state index contributed by atoms with van der Waals surface area (Å²) in [5.74, 6) is 2.15. The van der Waals surface area contributed by atoms with Gasteiger partial charge in [0.05, 0.1) is 19.3 Å². The van der Waals surface area contributed by atoms with Crippen LogP contribution in [0.2, 0.25) is 0 Å². The Morgan fingerprint density at radius 3 is 2.50 bits per heavy atom. The molecule has 0 aliphatic heterocycles. The van der Waals surface area contributed by atoms with Gasteiger partial charge in [-0.2, -0.15) is 0 Å². The highest BCUT2D eigenvalue weighted by molar-refractivity contribution is 5.44. The molecule has 1 aromatic carbocycles. The van der Waals surface area contributed by atoms with Crippen molar-refractivity contribution in [3.63, 3.8) is 0 Å². The molecule has 2 aliphatic rings. The average Bonchev–Trinajstić information content (AvgIpc) is 3.10. The van der Waals surface area contributed by atoms with Crippen molar-refractivity contribution in [3.05, 3.63) is 23.8 Å². The molecule has 3 nitrogen and oxygen atoms in total. The van der Waals surface area contributed by atoms with Crippen LogP contribution in [0, 0.1) is 0 Å². The van der Waals surface area contributed by atoms with E-state index in [1.807, 2.05) is 6.07 Å². The molecule has 2 fully saturated rings. The third kappa shape index (κ3) is 2.93. The molecule has 0 radical (unpaired) electrons. The van der Waals surface area contributed by atoms with Gasteiger partial charge in [-0.15, -0.1) is 0 Å². The van der Waals surface area contributed by atoms with Gasteiger partial charge in [0.2, 0.25) is 0 Å². The average molecular weight is 276 g/mol. The number of aliphatic hydroxyl groups excluding tert-OH is 1. The highest BCUT2D eigenvalue weighted by Crippen LogP contribution is 2.39. The van der Waals surface area contributed by atoms with E-state index < -0.39 is 0 Å². The Bertz CT molecular complexity index is 452. The Kier molecular flexibility index (Phi) is 4.16. The van der Waals surface area contributed by atoms with E-state index in [9.17, 15) is 5.11 Å². The summed E-state index contributed by atoms with van der Waals surface area (Å²) >= 11 is 0. The summed E-state index contributed by atoms with van der Waals surface area (Å²) in [6, 6.07) is 6.24. The molecule has 0 heterocycles. The van der Waals surface area contributed by atoms with Gasteiger partial charge in [-0.25, -0.2) is 0 Å². The van der Waals surface area contributed by atoms with Crippen molar-refractivity contribution in [1.82, 2.24) is 0 Å². The number of benzene rings is 1. The highest BCUT2D eigenvalue weighted by atomic mass is 16.5. The molecule has 0 spiro atoms. The molecule has 2 atom stereocenters. The van der Waals surface area contributed by atoms with Crippen molar-refractivity contribution in [1.29, 1.82) is 0 Å². The van der Waals surface area contributed by atoms with Gasteiger partial charge in [-0.3, -0.25) is 0 Å². The van der Waals surface area contributed by atoms with Crippen molar-refractivity contribution >= 4 is 0 Å². The molecule has 3 heteroatoms. The summed E-state index contributed by atoms with van der Waals surface area (Å²) in [4.78, 5) is 0. The fourth-order valence-corrected chi connectivity index (χ4v) is 3.49. The molecule has 1 aromatic rings. The molecule has 0 unspecified atom stereocenters. The summed E-state index contributed by atoms with van der Waals surface area (Å²) in [6.07, 6.45) is 7.88. The zero-order chi connectivity index (χ0) is 13.9. The Balaban J connectivity index is 1.78. The zero-order valence-corrected chi connectivity index (χ0v) is 12.2. The second-order valence-corrected chi connectivity index (χ2v) is 6.10. The minimum absolute atomic E-state index is 0.138. The van der Waals surface area contributed by atoms with Crippen LogP contribution in [0.25, 0.3) is 0 Å². The Morgan fingerprint density at radius 1 is 1.05 bits per heavy atom. The van der Waals surface area contributed by atoms with Crippen LogP contribution in [0.15, 0.2) is 18.2 Å². The molecule has 3 rings (SSSR count). The Labute approximate surface area is 120 Å². The fourth-order valence-electron chi connectivity index (χ4n) is 3.49. The fraction of sp³-hybridized carbons (Fsp3) is 0.647. The van der Waals surface area contributed by atoms with Crippen LogP contribution in [0.1, 0.15) is 56.4 Å². The summed E-state index contributed by atoms with van der Waals surface area (Å²) in [5, 5.41) is 9.70. The van der Waals surface area contributed by atoms with Crippen LogP contribution in [0.5, 0.6) is 11.5 Å². The largest absolute Gasteiger partial charge is 0.493 e. The van der Waals surface area contributed by atoms with Crippen molar-refractivity contribution < 1.29 is 14.6 Å². The second kappa shape index (κ2) is 6.04. The zero-order valence-electron chi connectivity index (χ0n) is 12.2. The summed E-state index contributed by atoms with van der Waals surface area (Å²) < 4.78 is 11.6. The molecule has 0 bridgehead atoms. The van der Waals surface area contributed by atoms with E-state index in [0.717, 1.165) is 43.6 Å². The lowest BCUT2D eigenvalue weighted by atomic mass is 9.97. The molecule has 20 heavy (non-hydrogen) atoms. The summed E-state index contributed by atoms with van der Waals surface area (Å²) in [5.41, 5.74) is 1.27. The number of methoxy groups -OCH3 is 1. The third-order valence-corrected chi connectivity index (χ3v) is 4.66. The molecular weight excluding hydrogens is 252 g/mol. The van der Waals surface area contributed by atoms with Crippen LogP contribution in [0.4, 0.5) is 0 Å². The van der Waals surface area contributed by atoms with Gasteiger partial charge in [0, 0.05) is 0 Å². The van der Waals surface area contributed by atoms with Gasteiger partial charge in [-0.05, 0) is 68.6 Å². The van der Waals surface area contributed by atoms with Gasteiger partial charge in [-0.1, -0.05) is 6.07 Å². The summed E-state index contributed by atoms with van der Waals surface area (Å²) in [7, 11) is 1.69. The first-order valence-corrected chi connectivity index (χ1v) is 7.79. The van der Waals surface area contributed by atoms with E-state index in [1.165, 1.54) is 18.4 Å². The van der Waals surface area contributed by atoms with Crippen molar-refractivity contribution in [3.8, 4) is 11.5 Å². The first kappa shape index (κ1) is 13.7. The number of hydrogen-bond acceptors (Lipinski definition) is 3. The second-order valence-electron chi connectivity index (χ2n) is 6.10.